The van der Waals surface area contributed by atoms with E-state index in [2.05, 4.69) is 10.1 Å². The number of halogens is 2. The topological polar surface area (TPSA) is 66.9 Å². The van der Waals surface area contributed by atoms with Crippen molar-refractivity contribution in [1.82, 2.24) is 23.9 Å². The summed E-state index contributed by atoms with van der Waals surface area (Å²) in [5.74, 6) is 0.357. The van der Waals surface area contributed by atoms with Crippen LogP contribution in [0.3, 0.4) is 0 Å². The van der Waals surface area contributed by atoms with Gasteiger partial charge in [0.1, 0.15) is 23.5 Å². The molecule has 0 aliphatic heterocycles. The van der Waals surface area contributed by atoms with Crippen LogP contribution in [0.5, 0.6) is 5.75 Å². The zero-order valence-electron chi connectivity index (χ0n) is 15.0. The Bertz CT molecular complexity index is 1180. The Morgan fingerprint density at radius 3 is 2.57 bits per heavy atom. The summed E-state index contributed by atoms with van der Waals surface area (Å²) in [5.41, 5.74) is 2.51. The van der Waals surface area contributed by atoms with Crippen LogP contribution in [-0.4, -0.2) is 37.4 Å². The smallest absolute Gasteiger partial charge is 0.281 e. The molecule has 144 valence electrons. The summed E-state index contributed by atoms with van der Waals surface area (Å²) >= 11 is 0. The minimum absolute atomic E-state index is 0.0332. The average molecular weight is 385 g/mol. The fraction of sp³-hybridized carbons (Fsp3) is 0.211. The summed E-state index contributed by atoms with van der Waals surface area (Å²) in [6, 6.07) is 6.46. The molecule has 4 aromatic rings. The molecule has 9 heteroatoms. The summed E-state index contributed by atoms with van der Waals surface area (Å²) in [7, 11) is 1.79. The summed E-state index contributed by atoms with van der Waals surface area (Å²) in [5, 5.41) is 4.18. The Labute approximate surface area is 158 Å². The first kappa shape index (κ1) is 17.9. The van der Waals surface area contributed by atoms with Crippen LogP contribution in [0.1, 0.15) is 0 Å². The number of pyridine rings is 1. The highest BCUT2D eigenvalue weighted by Gasteiger charge is 2.17. The molecule has 0 spiro atoms. The predicted octanol–water partition coefficient (Wildman–Crippen LogP) is 2.86. The quantitative estimate of drug-likeness (QED) is 0.512. The molecule has 0 amide bonds. The molecule has 0 aliphatic carbocycles. The normalized spacial score (nSPS) is 11.2. The van der Waals surface area contributed by atoms with Crippen molar-refractivity contribution in [1.29, 1.82) is 0 Å². The van der Waals surface area contributed by atoms with Crippen LogP contribution in [-0.2, 0) is 13.6 Å². The third-order valence-electron chi connectivity index (χ3n) is 4.45. The lowest BCUT2D eigenvalue weighted by Gasteiger charge is -2.11. The number of aryl methyl sites for hydroxylation is 2. The number of imidazole rings is 1. The number of rotatable bonds is 6. The van der Waals surface area contributed by atoms with Gasteiger partial charge in [0.05, 0.1) is 19.1 Å². The predicted molar refractivity (Wildman–Crippen MR) is 100 cm³/mol. The van der Waals surface area contributed by atoms with E-state index >= 15 is 0 Å². The molecule has 3 heterocycles. The van der Waals surface area contributed by atoms with Crippen molar-refractivity contribution in [2.24, 2.45) is 7.05 Å². The summed E-state index contributed by atoms with van der Waals surface area (Å²) in [4.78, 5) is 17.5. The monoisotopic (exact) mass is 385 g/mol. The van der Waals surface area contributed by atoms with Crippen molar-refractivity contribution in [2.75, 3.05) is 13.5 Å². The van der Waals surface area contributed by atoms with Crippen LogP contribution >= 0.6 is 0 Å². The molecular formula is C19H17F2N5O2. The number of hydrogen-bond donors (Lipinski definition) is 0. The molecule has 0 bridgehead atoms. The fourth-order valence-electron chi connectivity index (χ4n) is 3.16. The largest absolute Gasteiger partial charge is 0.463 e. The second kappa shape index (κ2) is 7.26. The van der Waals surface area contributed by atoms with Crippen molar-refractivity contribution in [3.8, 4) is 22.6 Å². The van der Waals surface area contributed by atoms with Gasteiger partial charge in [0, 0.05) is 36.3 Å². The van der Waals surface area contributed by atoms with Gasteiger partial charge in [0.2, 0.25) is 6.86 Å². The van der Waals surface area contributed by atoms with E-state index in [4.69, 9.17) is 4.74 Å². The number of ether oxygens (including phenoxy) is 1. The molecule has 1 aromatic carbocycles. The molecule has 0 fully saturated rings. The van der Waals surface area contributed by atoms with E-state index in [1.165, 1.54) is 15.5 Å². The molecule has 0 radical (unpaired) electrons. The first-order chi connectivity index (χ1) is 13.6. The molecule has 28 heavy (non-hydrogen) atoms. The Balaban J connectivity index is 1.96. The lowest BCUT2D eigenvalue weighted by atomic mass is 10.1. The molecule has 4 rings (SSSR count). The summed E-state index contributed by atoms with van der Waals surface area (Å²) < 4.78 is 34.7. The maximum atomic E-state index is 13.2. The minimum Gasteiger partial charge on any atom is -0.463 e. The van der Waals surface area contributed by atoms with E-state index in [0.717, 1.165) is 5.56 Å². The lowest BCUT2D eigenvalue weighted by molar-refractivity contribution is 0.192. The average Bonchev–Trinajstić information content (AvgIpc) is 3.31. The minimum atomic E-state index is -0.932. The van der Waals surface area contributed by atoms with Gasteiger partial charge in [-0.1, -0.05) is 0 Å². The van der Waals surface area contributed by atoms with Gasteiger partial charge in [-0.15, -0.1) is 0 Å². The summed E-state index contributed by atoms with van der Waals surface area (Å²) in [6.45, 7) is -1.51. The molecule has 0 N–H and O–H groups in total. The van der Waals surface area contributed by atoms with E-state index in [1.807, 2.05) is 6.20 Å². The Hall–Kier alpha value is -3.49. The third kappa shape index (κ3) is 3.04. The van der Waals surface area contributed by atoms with Crippen molar-refractivity contribution < 1.29 is 13.5 Å². The lowest BCUT2D eigenvalue weighted by Crippen LogP contribution is -2.21. The van der Waals surface area contributed by atoms with Gasteiger partial charge in [-0.3, -0.25) is 14.0 Å². The molecule has 0 atom stereocenters. The second-order valence-corrected chi connectivity index (χ2v) is 6.19. The number of nitrogens with zero attached hydrogens (tertiary/aromatic N) is 5. The van der Waals surface area contributed by atoms with Crippen LogP contribution in [0.2, 0.25) is 0 Å². The number of fused-ring (bicyclic) bond motifs is 1. The highest BCUT2D eigenvalue weighted by molar-refractivity contribution is 5.91. The van der Waals surface area contributed by atoms with Crippen molar-refractivity contribution in [3.05, 3.63) is 59.5 Å². The Morgan fingerprint density at radius 1 is 1.14 bits per heavy atom. The highest BCUT2D eigenvalue weighted by atomic mass is 19.1. The second-order valence-electron chi connectivity index (χ2n) is 6.19. The number of hydrogen-bond acceptors (Lipinski definition) is 4. The molecule has 7 nitrogen and oxygen atoms in total. The van der Waals surface area contributed by atoms with Crippen LogP contribution in [0.15, 0.2) is 54.0 Å². The van der Waals surface area contributed by atoms with Gasteiger partial charge in [-0.25, -0.2) is 13.8 Å². The first-order valence-corrected chi connectivity index (χ1v) is 8.57. The summed E-state index contributed by atoms with van der Waals surface area (Å²) in [6.07, 6.45) is 6.64. The Kier molecular flexibility index (Phi) is 4.64. The number of alkyl halides is 2. The van der Waals surface area contributed by atoms with Crippen LogP contribution in [0.25, 0.3) is 27.8 Å². The molecule has 0 saturated carbocycles. The number of aromatic nitrogens is 5. The van der Waals surface area contributed by atoms with Gasteiger partial charge < -0.3 is 9.30 Å². The zero-order chi connectivity index (χ0) is 19.7. The maximum absolute atomic E-state index is 13.2. The van der Waals surface area contributed by atoms with Gasteiger partial charge in [0.15, 0.2) is 0 Å². The van der Waals surface area contributed by atoms with Crippen LogP contribution < -0.4 is 10.3 Å². The van der Waals surface area contributed by atoms with E-state index in [1.54, 1.807) is 48.4 Å². The van der Waals surface area contributed by atoms with E-state index < -0.39 is 13.5 Å². The Morgan fingerprint density at radius 2 is 1.93 bits per heavy atom. The van der Waals surface area contributed by atoms with Gasteiger partial charge >= 0.3 is 0 Å². The third-order valence-corrected chi connectivity index (χ3v) is 4.45. The molecule has 0 unspecified atom stereocenters. The SMILES string of the molecule is Cn1cc(-c2cn(-c3ccc(OCF)cc3)c(=O)c3c2ncn3CCF)cn1. The standard InChI is InChI=1S/C19H17F2N5O2/c1-24-9-13(8-23-24)16-10-26(14-2-4-15(5-3-14)28-11-21)19(27)18-17(16)22-12-25(18)7-6-20/h2-5,8-10,12H,6-7,11H2,1H3. The molecule has 3 aromatic heterocycles. The van der Waals surface area contributed by atoms with Crippen LogP contribution in [0, 0.1) is 0 Å². The molecular weight excluding hydrogens is 368 g/mol. The van der Waals surface area contributed by atoms with Gasteiger partial charge in [-0.2, -0.15) is 5.10 Å². The van der Waals surface area contributed by atoms with Gasteiger partial charge in [-0.05, 0) is 24.3 Å². The molecule has 0 aliphatic rings. The van der Waals surface area contributed by atoms with E-state index in [-0.39, 0.29) is 12.1 Å². The zero-order valence-corrected chi connectivity index (χ0v) is 15.0. The van der Waals surface area contributed by atoms with Gasteiger partial charge in [0.25, 0.3) is 5.56 Å². The van der Waals surface area contributed by atoms with E-state index in [9.17, 15) is 13.6 Å². The van der Waals surface area contributed by atoms with Crippen molar-refractivity contribution >= 4 is 11.0 Å². The van der Waals surface area contributed by atoms with Crippen molar-refractivity contribution in [2.45, 2.75) is 6.54 Å². The van der Waals surface area contributed by atoms with E-state index in [0.29, 0.717) is 28.0 Å². The first-order valence-electron chi connectivity index (χ1n) is 8.57. The highest BCUT2D eigenvalue weighted by Crippen LogP contribution is 2.27. The van der Waals surface area contributed by atoms with Crippen molar-refractivity contribution in [3.63, 3.8) is 0 Å². The fourth-order valence-corrected chi connectivity index (χ4v) is 3.16. The van der Waals surface area contributed by atoms with Crippen LogP contribution in [0.4, 0.5) is 8.78 Å². The molecule has 0 saturated heterocycles. The maximum Gasteiger partial charge on any atom is 0.281 e. The number of benzene rings is 1.